The molecule has 0 bridgehead atoms. The average molecular weight is 311 g/mol. The number of aromatic nitrogens is 1. The van der Waals surface area contributed by atoms with E-state index in [0.29, 0.717) is 12.2 Å². The molecule has 3 rings (SSSR count). The van der Waals surface area contributed by atoms with Gasteiger partial charge < -0.3 is 10.6 Å². The van der Waals surface area contributed by atoms with Crippen molar-refractivity contribution in [2.24, 2.45) is 17.3 Å². The molecular formula is C18H21N3O2. The van der Waals surface area contributed by atoms with Gasteiger partial charge in [-0.25, -0.2) is 0 Å². The number of pyridine rings is 1. The molecule has 2 amide bonds. The zero-order chi connectivity index (χ0) is 16.6. The molecule has 1 fully saturated rings. The molecular weight excluding hydrogens is 290 g/mol. The maximum atomic E-state index is 12.6. The fourth-order valence-electron chi connectivity index (χ4n) is 3.10. The van der Waals surface area contributed by atoms with E-state index in [4.69, 9.17) is 0 Å². The van der Waals surface area contributed by atoms with E-state index in [0.717, 1.165) is 10.9 Å². The molecule has 0 spiro atoms. The molecule has 5 heteroatoms. The fraction of sp³-hybridized carbons (Fsp3) is 0.389. The molecule has 2 N–H and O–H groups in total. The van der Waals surface area contributed by atoms with E-state index in [-0.39, 0.29) is 23.1 Å². The van der Waals surface area contributed by atoms with Crippen molar-refractivity contribution in [3.05, 3.63) is 36.5 Å². The lowest BCUT2D eigenvalue weighted by Gasteiger charge is -2.29. The summed E-state index contributed by atoms with van der Waals surface area (Å²) in [6.07, 6.45) is 1.73. The molecule has 1 aromatic heterocycles. The molecule has 1 saturated heterocycles. The number of hydrogen-bond donors (Lipinski definition) is 2. The van der Waals surface area contributed by atoms with E-state index >= 15 is 0 Å². The first-order valence-electron chi connectivity index (χ1n) is 7.79. The number of nitrogens with zero attached hydrogens (tertiary/aromatic N) is 1. The van der Waals surface area contributed by atoms with Crippen LogP contribution in [0.1, 0.15) is 20.8 Å². The molecule has 0 aliphatic carbocycles. The monoisotopic (exact) mass is 311 g/mol. The van der Waals surface area contributed by atoms with Crippen LogP contribution < -0.4 is 10.6 Å². The van der Waals surface area contributed by atoms with Crippen molar-refractivity contribution in [3.63, 3.8) is 0 Å². The second-order valence-electron chi connectivity index (χ2n) is 7.10. The second-order valence-corrected chi connectivity index (χ2v) is 7.10. The van der Waals surface area contributed by atoms with Crippen LogP contribution in [-0.4, -0.2) is 23.3 Å². The van der Waals surface area contributed by atoms with Crippen LogP contribution in [0.3, 0.4) is 0 Å². The highest BCUT2D eigenvalue weighted by molar-refractivity contribution is 6.08. The van der Waals surface area contributed by atoms with E-state index in [2.05, 4.69) is 36.4 Å². The number of nitrogens with one attached hydrogen (secondary N) is 2. The first-order valence-corrected chi connectivity index (χ1v) is 7.79. The highest BCUT2D eigenvalue weighted by Gasteiger charge is 2.45. The summed E-state index contributed by atoms with van der Waals surface area (Å²) >= 11 is 0. The van der Waals surface area contributed by atoms with Gasteiger partial charge in [-0.3, -0.25) is 14.6 Å². The van der Waals surface area contributed by atoms with E-state index < -0.39 is 5.92 Å². The van der Waals surface area contributed by atoms with Gasteiger partial charge in [0.15, 0.2) is 0 Å². The number of anilines is 1. The third kappa shape index (κ3) is 3.04. The van der Waals surface area contributed by atoms with Gasteiger partial charge in [-0.2, -0.15) is 0 Å². The summed E-state index contributed by atoms with van der Waals surface area (Å²) in [5, 5.41) is 6.65. The summed E-state index contributed by atoms with van der Waals surface area (Å²) in [4.78, 5) is 29.0. The quantitative estimate of drug-likeness (QED) is 0.837. The number of hydrogen-bond acceptors (Lipinski definition) is 3. The summed E-state index contributed by atoms with van der Waals surface area (Å²) in [5.74, 6) is -1.11. The molecule has 0 saturated carbocycles. The molecule has 2 atom stereocenters. The Morgan fingerprint density at radius 2 is 2.09 bits per heavy atom. The van der Waals surface area contributed by atoms with Crippen LogP contribution in [0.15, 0.2) is 36.5 Å². The molecule has 120 valence electrons. The summed E-state index contributed by atoms with van der Waals surface area (Å²) in [6.45, 7) is 6.71. The van der Waals surface area contributed by atoms with Crippen LogP contribution in [0, 0.1) is 17.3 Å². The molecule has 0 unspecified atom stereocenters. The highest BCUT2D eigenvalue weighted by atomic mass is 16.2. The van der Waals surface area contributed by atoms with E-state index in [1.54, 1.807) is 6.20 Å². The smallest absolute Gasteiger partial charge is 0.237 e. The molecule has 5 nitrogen and oxygen atoms in total. The molecule has 0 radical (unpaired) electrons. The Balaban J connectivity index is 1.83. The highest BCUT2D eigenvalue weighted by Crippen LogP contribution is 2.35. The minimum absolute atomic E-state index is 0.0166. The van der Waals surface area contributed by atoms with Crippen molar-refractivity contribution in [1.29, 1.82) is 0 Å². The van der Waals surface area contributed by atoms with Gasteiger partial charge >= 0.3 is 0 Å². The van der Waals surface area contributed by atoms with E-state index in [1.807, 2.05) is 30.3 Å². The Hall–Kier alpha value is -2.43. The Morgan fingerprint density at radius 1 is 1.30 bits per heavy atom. The standard InChI is InChI=1S/C18H21N3O2/c1-18(2,3)13-10-20-16(22)15(13)17(23)21-12-6-7-14-11(9-12)5-4-8-19-14/h4-9,13,15H,10H2,1-3H3,(H,20,22)(H,21,23)/t13-,15+/m1/s1. The Labute approximate surface area is 135 Å². The summed E-state index contributed by atoms with van der Waals surface area (Å²) in [6, 6.07) is 9.35. The molecule has 23 heavy (non-hydrogen) atoms. The number of rotatable bonds is 2. The minimum Gasteiger partial charge on any atom is -0.355 e. The molecule has 1 aliphatic rings. The predicted octanol–water partition coefficient (Wildman–Crippen LogP) is 2.58. The van der Waals surface area contributed by atoms with Crippen molar-refractivity contribution in [3.8, 4) is 0 Å². The molecule has 2 heterocycles. The van der Waals surface area contributed by atoms with Crippen molar-refractivity contribution in [1.82, 2.24) is 10.3 Å². The maximum absolute atomic E-state index is 12.6. The molecule has 2 aromatic rings. The molecule has 1 aliphatic heterocycles. The predicted molar refractivity (Wildman–Crippen MR) is 89.8 cm³/mol. The Bertz CT molecular complexity index is 764. The van der Waals surface area contributed by atoms with Crippen LogP contribution in [0.25, 0.3) is 10.9 Å². The Morgan fingerprint density at radius 3 is 2.83 bits per heavy atom. The summed E-state index contributed by atoms with van der Waals surface area (Å²) in [7, 11) is 0. The van der Waals surface area contributed by atoms with Gasteiger partial charge in [0.05, 0.1) is 5.52 Å². The number of amides is 2. The van der Waals surface area contributed by atoms with Crippen molar-refractivity contribution >= 4 is 28.4 Å². The SMILES string of the molecule is CC(C)(C)[C@@H]1CNC(=O)[C@H]1C(=O)Nc1ccc2ncccc2c1. The number of carbonyl (C=O) groups excluding carboxylic acids is 2. The van der Waals surface area contributed by atoms with Gasteiger partial charge in [0, 0.05) is 29.7 Å². The third-order valence-corrected chi connectivity index (χ3v) is 4.45. The minimum atomic E-state index is -0.653. The number of benzene rings is 1. The number of carbonyl (C=O) groups is 2. The van der Waals surface area contributed by atoms with Gasteiger partial charge in [-0.1, -0.05) is 26.8 Å². The average Bonchev–Trinajstić information content (AvgIpc) is 2.89. The van der Waals surface area contributed by atoms with Gasteiger partial charge in [0.2, 0.25) is 11.8 Å². The van der Waals surface area contributed by atoms with Gasteiger partial charge in [0.25, 0.3) is 0 Å². The zero-order valence-electron chi connectivity index (χ0n) is 13.6. The van der Waals surface area contributed by atoms with Gasteiger partial charge in [0.1, 0.15) is 5.92 Å². The lowest BCUT2D eigenvalue weighted by molar-refractivity contribution is -0.132. The lowest BCUT2D eigenvalue weighted by Crippen LogP contribution is -2.37. The first kappa shape index (κ1) is 15.5. The van der Waals surface area contributed by atoms with Gasteiger partial charge in [-0.05, 0) is 29.7 Å². The van der Waals surface area contributed by atoms with Crippen molar-refractivity contribution < 1.29 is 9.59 Å². The van der Waals surface area contributed by atoms with Crippen LogP contribution in [0.4, 0.5) is 5.69 Å². The number of fused-ring (bicyclic) bond motifs is 1. The van der Waals surface area contributed by atoms with Crippen LogP contribution in [0.5, 0.6) is 0 Å². The first-order chi connectivity index (χ1) is 10.9. The van der Waals surface area contributed by atoms with Crippen molar-refractivity contribution in [2.75, 3.05) is 11.9 Å². The maximum Gasteiger partial charge on any atom is 0.237 e. The summed E-state index contributed by atoms with van der Waals surface area (Å²) < 4.78 is 0. The zero-order valence-corrected chi connectivity index (χ0v) is 13.6. The van der Waals surface area contributed by atoms with Crippen LogP contribution in [-0.2, 0) is 9.59 Å². The van der Waals surface area contributed by atoms with E-state index in [1.165, 1.54) is 0 Å². The second kappa shape index (κ2) is 5.65. The molecule has 1 aromatic carbocycles. The third-order valence-electron chi connectivity index (χ3n) is 4.45. The largest absolute Gasteiger partial charge is 0.355 e. The van der Waals surface area contributed by atoms with Crippen LogP contribution in [0.2, 0.25) is 0 Å². The summed E-state index contributed by atoms with van der Waals surface area (Å²) in [5.41, 5.74) is 1.44. The normalized spacial score (nSPS) is 21.3. The topological polar surface area (TPSA) is 71.1 Å². The lowest BCUT2D eigenvalue weighted by atomic mass is 9.74. The van der Waals surface area contributed by atoms with E-state index in [9.17, 15) is 9.59 Å². The fourth-order valence-corrected chi connectivity index (χ4v) is 3.10. The Kier molecular flexibility index (Phi) is 3.80. The van der Waals surface area contributed by atoms with Gasteiger partial charge in [-0.15, -0.1) is 0 Å². The van der Waals surface area contributed by atoms with Crippen molar-refractivity contribution in [2.45, 2.75) is 20.8 Å². The van der Waals surface area contributed by atoms with Crippen LogP contribution >= 0.6 is 0 Å².